The summed E-state index contributed by atoms with van der Waals surface area (Å²) < 4.78 is 18.1. The number of carboxylic acids is 1. The van der Waals surface area contributed by atoms with Crippen molar-refractivity contribution >= 4 is 17.6 Å². The number of carboxylic acid groups (broad SMARTS) is 1. The van der Waals surface area contributed by atoms with E-state index in [-0.39, 0.29) is 12.4 Å². The predicted octanol–water partition coefficient (Wildman–Crippen LogP) is 3.73. The van der Waals surface area contributed by atoms with Crippen molar-refractivity contribution in [2.24, 2.45) is 0 Å². The smallest absolute Gasteiger partial charge is 0.314 e. The van der Waals surface area contributed by atoms with Gasteiger partial charge in [-0.3, -0.25) is 4.79 Å². The lowest BCUT2D eigenvalue weighted by molar-refractivity contribution is -0.139. The second kappa shape index (κ2) is 6.39. The van der Waals surface area contributed by atoms with E-state index in [2.05, 4.69) is 0 Å². The highest BCUT2D eigenvalue weighted by atomic mass is 35.5. The van der Waals surface area contributed by atoms with Crippen LogP contribution >= 0.6 is 11.6 Å². The SMILES string of the molecule is O=C(O)C(COc1ccc(F)cc1)c1ccc(Cl)cc1. The molecule has 1 unspecified atom stereocenters. The molecule has 3 nitrogen and oxygen atoms in total. The summed E-state index contributed by atoms with van der Waals surface area (Å²) in [4.78, 5) is 11.3. The average Bonchev–Trinajstić information content (AvgIpc) is 2.43. The second-order valence-corrected chi connectivity index (χ2v) is 4.64. The van der Waals surface area contributed by atoms with E-state index < -0.39 is 11.9 Å². The zero-order valence-corrected chi connectivity index (χ0v) is 11.2. The number of carbonyl (C=O) groups is 1. The van der Waals surface area contributed by atoms with Gasteiger partial charge in [0.2, 0.25) is 0 Å². The number of aliphatic carboxylic acids is 1. The van der Waals surface area contributed by atoms with E-state index in [0.29, 0.717) is 16.3 Å². The first-order valence-electron chi connectivity index (χ1n) is 5.93. The Morgan fingerprint density at radius 2 is 1.75 bits per heavy atom. The van der Waals surface area contributed by atoms with Crippen molar-refractivity contribution in [3.05, 3.63) is 64.9 Å². The fourth-order valence-corrected chi connectivity index (χ4v) is 1.84. The number of halogens is 2. The summed E-state index contributed by atoms with van der Waals surface area (Å²) >= 11 is 5.77. The molecular formula is C15H12ClFO3. The van der Waals surface area contributed by atoms with Crippen molar-refractivity contribution in [3.8, 4) is 5.75 Å². The van der Waals surface area contributed by atoms with Gasteiger partial charge in [-0.05, 0) is 42.0 Å². The first kappa shape index (κ1) is 14.3. The Morgan fingerprint density at radius 3 is 2.30 bits per heavy atom. The molecule has 2 aromatic carbocycles. The van der Waals surface area contributed by atoms with Gasteiger partial charge in [-0.25, -0.2) is 4.39 Å². The third kappa shape index (κ3) is 3.71. The first-order valence-corrected chi connectivity index (χ1v) is 6.30. The van der Waals surface area contributed by atoms with E-state index in [1.165, 1.54) is 24.3 Å². The monoisotopic (exact) mass is 294 g/mol. The van der Waals surface area contributed by atoms with Gasteiger partial charge in [-0.15, -0.1) is 0 Å². The normalized spacial score (nSPS) is 11.9. The number of hydrogen-bond donors (Lipinski definition) is 1. The molecule has 0 amide bonds. The Balaban J connectivity index is 2.08. The van der Waals surface area contributed by atoms with Crippen molar-refractivity contribution in [2.75, 3.05) is 6.61 Å². The molecule has 0 saturated heterocycles. The Kier molecular flexibility index (Phi) is 4.58. The van der Waals surface area contributed by atoms with Crippen molar-refractivity contribution in [1.82, 2.24) is 0 Å². The lowest BCUT2D eigenvalue weighted by Crippen LogP contribution is -2.19. The van der Waals surface area contributed by atoms with Gasteiger partial charge >= 0.3 is 5.97 Å². The molecule has 5 heteroatoms. The molecule has 2 aromatic rings. The standard InChI is InChI=1S/C15H12ClFO3/c16-11-3-1-10(2-4-11)14(15(18)19)9-20-13-7-5-12(17)6-8-13/h1-8,14H,9H2,(H,18,19). The highest BCUT2D eigenvalue weighted by molar-refractivity contribution is 6.30. The predicted molar refractivity (Wildman–Crippen MR) is 73.7 cm³/mol. The van der Waals surface area contributed by atoms with Crippen molar-refractivity contribution < 1.29 is 19.0 Å². The summed E-state index contributed by atoms with van der Waals surface area (Å²) in [5, 5.41) is 9.78. The molecule has 0 aliphatic heterocycles. The third-order valence-corrected chi connectivity index (χ3v) is 3.05. The fraction of sp³-hybridized carbons (Fsp3) is 0.133. The highest BCUT2D eigenvalue weighted by Crippen LogP contribution is 2.21. The van der Waals surface area contributed by atoms with E-state index in [4.69, 9.17) is 16.3 Å². The Hall–Kier alpha value is -2.07. The minimum absolute atomic E-state index is 0.0391. The van der Waals surface area contributed by atoms with Gasteiger partial charge < -0.3 is 9.84 Å². The molecule has 0 aliphatic carbocycles. The molecular weight excluding hydrogens is 283 g/mol. The fourth-order valence-electron chi connectivity index (χ4n) is 1.72. The molecule has 0 bridgehead atoms. The van der Waals surface area contributed by atoms with E-state index in [1.54, 1.807) is 24.3 Å². The minimum atomic E-state index is -0.991. The summed E-state index contributed by atoms with van der Waals surface area (Å²) in [6, 6.07) is 12.0. The van der Waals surface area contributed by atoms with Crippen LogP contribution in [0.15, 0.2) is 48.5 Å². The van der Waals surface area contributed by atoms with Crippen LogP contribution in [0.1, 0.15) is 11.5 Å². The van der Waals surface area contributed by atoms with Crippen LogP contribution in [0.3, 0.4) is 0 Å². The third-order valence-electron chi connectivity index (χ3n) is 2.80. The van der Waals surface area contributed by atoms with Crippen LogP contribution in [-0.2, 0) is 4.79 Å². The molecule has 1 atom stereocenters. The Morgan fingerprint density at radius 1 is 1.15 bits per heavy atom. The molecule has 0 heterocycles. The average molecular weight is 295 g/mol. The summed E-state index contributed by atoms with van der Waals surface area (Å²) in [5.74, 6) is -1.75. The van der Waals surface area contributed by atoms with Gasteiger partial charge in [0.15, 0.2) is 0 Å². The lowest BCUT2D eigenvalue weighted by Gasteiger charge is -2.14. The molecule has 2 rings (SSSR count). The highest BCUT2D eigenvalue weighted by Gasteiger charge is 2.20. The summed E-state index contributed by atoms with van der Waals surface area (Å²) in [6.45, 7) is -0.0391. The van der Waals surface area contributed by atoms with Crippen LogP contribution < -0.4 is 4.74 Å². The van der Waals surface area contributed by atoms with E-state index >= 15 is 0 Å². The lowest BCUT2D eigenvalue weighted by atomic mass is 10.0. The van der Waals surface area contributed by atoms with Gasteiger partial charge in [-0.1, -0.05) is 23.7 Å². The maximum atomic E-state index is 12.8. The van der Waals surface area contributed by atoms with Crippen LogP contribution in [0.5, 0.6) is 5.75 Å². The van der Waals surface area contributed by atoms with Gasteiger partial charge in [0, 0.05) is 5.02 Å². The molecule has 0 spiro atoms. The van der Waals surface area contributed by atoms with Gasteiger partial charge in [0.25, 0.3) is 0 Å². The van der Waals surface area contributed by atoms with Crippen LogP contribution in [0.4, 0.5) is 4.39 Å². The van der Waals surface area contributed by atoms with Gasteiger partial charge in [0.1, 0.15) is 24.1 Å². The number of hydrogen-bond acceptors (Lipinski definition) is 2. The van der Waals surface area contributed by atoms with E-state index in [9.17, 15) is 14.3 Å². The largest absolute Gasteiger partial charge is 0.492 e. The molecule has 0 aliphatic rings. The first-order chi connectivity index (χ1) is 9.56. The van der Waals surface area contributed by atoms with Crippen LogP contribution in [0, 0.1) is 5.82 Å². The molecule has 104 valence electrons. The molecule has 0 saturated carbocycles. The van der Waals surface area contributed by atoms with Gasteiger partial charge in [0.05, 0.1) is 0 Å². The van der Waals surface area contributed by atoms with Crippen LogP contribution in [-0.4, -0.2) is 17.7 Å². The molecule has 20 heavy (non-hydrogen) atoms. The van der Waals surface area contributed by atoms with Crippen molar-refractivity contribution in [2.45, 2.75) is 5.92 Å². The molecule has 1 N–H and O–H groups in total. The maximum Gasteiger partial charge on any atom is 0.314 e. The Bertz CT molecular complexity index is 581. The second-order valence-electron chi connectivity index (χ2n) is 4.21. The van der Waals surface area contributed by atoms with Crippen molar-refractivity contribution in [1.29, 1.82) is 0 Å². The maximum absolute atomic E-state index is 12.8. The summed E-state index contributed by atoms with van der Waals surface area (Å²) in [5.41, 5.74) is 0.601. The number of ether oxygens (including phenoxy) is 1. The number of rotatable bonds is 5. The number of benzene rings is 2. The quantitative estimate of drug-likeness (QED) is 0.914. The van der Waals surface area contributed by atoms with Crippen LogP contribution in [0.25, 0.3) is 0 Å². The molecule has 0 fully saturated rings. The van der Waals surface area contributed by atoms with Crippen LogP contribution in [0.2, 0.25) is 5.02 Å². The zero-order chi connectivity index (χ0) is 14.5. The van der Waals surface area contributed by atoms with Gasteiger partial charge in [-0.2, -0.15) is 0 Å². The topological polar surface area (TPSA) is 46.5 Å². The minimum Gasteiger partial charge on any atom is -0.492 e. The van der Waals surface area contributed by atoms with E-state index in [1.807, 2.05) is 0 Å². The summed E-state index contributed by atoms with van der Waals surface area (Å²) in [7, 11) is 0. The Labute approximate surface area is 120 Å². The molecule has 0 radical (unpaired) electrons. The zero-order valence-electron chi connectivity index (χ0n) is 10.4. The summed E-state index contributed by atoms with van der Waals surface area (Å²) in [6.07, 6.45) is 0. The van der Waals surface area contributed by atoms with Crippen molar-refractivity contribution in [3.63, 3.8) is 0 Å². The van der Waals surface area contributed by atoms with E-state index in [0.717, 1.165) is 0 Å². The molecule has 0 aromatic heterocycles.